The number of rotatable bonds is 8. The molecular formula is C18H20N2O4. The Morgan fingerprint density at radius 1 is 1.08 bits per heavy atom. The van der Waals surface area contributed by atoms with Gasteiger partial charge >= 0.3 is 0 Å². The van der Waals surface area contributed by atoms with Gasteiger partial charge in [-0.2, -0.15) is 0 Å². The van der Waals surface area contributed by atoms with Gasteiger partial charge in [0, 0.05) is 11.8 Å². The molecule has 0 aliphatic rings. The Morgan fingerprint density at radius 2 is 1.79 bits per heavy atom. The molecule has 2 rings (SSSR count). The van der Waals surface area contributed by atoms with Crippen LogP contribution < -0.4 is 20.5 Å². The van der Waals surface area contributed by atoms with Gasteiger partial charge in [-0.3, -0.25) is 9.59 Å². The lowest BCUT2D eigenvalue weighted by molar-refractivity contribution is -0.123. The Labute approximate surface area is 140 Å². The van der Waals surface area contributed by atoms with E-state index < -0.39 is 12.0 Å². The molecule has 0 bridgehead atoms. The minimum Gasteiger partial charge on any atom is -0.484 e. The number of ether oxygens (including phenoxy) is 2. The lowest BCUT2D eigenvalue weighted by Gasteiger charge is -2.17. The Morgan fingerprint density at radius 3 is 2.46 bits per heavy atom. The van der Waals surface area contributed by atoms with Crippen molar-refractivity contribution in [3.05, 3.63) is 54.6 Å². The number of carbonyl (C=O) groups excluding carboxylic acids is 2. The number of nitrogens with two attached hydrogens (primary N) is 1. The van der Waals surface area contributed by atoms with Crippen LogP contribution in [-0.2, 0) is 9.59 Å². The number of hydrogen-bond acceptors (Lipinski definition) is 4. The van der Waals surface area contributed by atoms with Crippen molar-refractivity contribution < 1.29 is 19.1 Å². The van der Waals surface area contributed by atoms with E-state index in [9.17, 15) is 9.59 Å². The molecule has 0 fully saturated rings. The summed E-state index contributed by atoms with van der Waals surface area (Å²) in [5, 5.41) is 2.78. The highest BCUT2D eigenvalue weighted by atomic mass is 16.5. The molecule has 0 heterocycles. The third-order valence-corrected chi connectivity index (χ3v) is 3.17. The van der Waals surface area contributed by atoms with E-state index in [1.54, 1.807) is 36.4 Å². The molecule has 0 aliphatic carbocycles. The smallest absolute Gasteiger partial charge is 0.265 e. The maximum Gasteiger partial charge on any atom is 0.265 e. The van der Waals surface area contributed by atoms with E-state index in [1.807, 2.05) is 25.1 Å². The van der Waals surface area contributed by atoms with Crippen LogP contribution in [0.5, 0.6) is 11.5 Å². The first-order chi connectivity index (χ1) is 11.6. The van der Waals surface area contributed by atoms with E-state index in [-0.39, 0.29) is 12.5 Å². The van der Waals surface area contributed by atoms with E-state index in [1.165, 1.54) is 0 Å². The SMILES string of the molecule is CC[C@H](Oc1ccccc1)C(=O)Nc1cccc(OCC(N)=O)c1. The Kier molecular flexibility index (Phi) is 6.19. The van der Waals surface area contributed by atoms with Crippen LogP contribution in [-0.4, -0.2) is 24.5 Å². The first-order valence-electron chi connectivity index (χ1n) is 7.62. The zero-order valence-electron chi connectivity index (χ0n) is 13.4. The minimum atomic E-state index is -0.609. The maximum absolute atomic E-state index is 12.4. The molecule has 0 saturated carbocycles. The number of carbonyl (C=O) groups is 2. The third-order valence-electron chi connectivity index (χ3n) is 3.17. The van der Waals surface area contributed by atoms with Crippen molar-refractivity contribution in [2.24, 2.45) is 5.73 Å². The molecule has 0 aliphatic heterocycles. The van der Waals surface area contributed by atoms with Crippen LogP contribution >= 0.6 is 0 Å². The van der Waals surface area contributed by atoms with Crippen LogP contribution in [0.2, 0.25) is 0 Å². The number of hydrogen-bond donors (Lipinski definition) is 2. The quantitative estimate of drug-likeness (QED) is 0.778. The molecular weight excluding hydrogens is 308 g/mol. The molecule has 0 saturated heterocycles. The van der Waals surface area contributed by atoms with E-state index in [0.717, 1.165) is 0 Å². The predicted molar refractivity (Wildman–Crippen MR) is 90.9 cm³/mol. The molecule has 0 spiro atoms. The molecule has 6 heteroatoms. The van der Waals surface area contributed by atoms with Crippen LogP contribution in [0.15, 0.2) is 54.6 Å². The molecule has 24 heavy (non-hydrogen) atoms. The molecule has 3 N–H and O–H groups in total. The predicted octanol–water partition coefficient (Wildman–Crippen LogP) is 2.35. The highest BCUT2D eigenvalue weighted by molar-refractivity contribution is 5.94. The maximum atomic E-state index is 12.4. The standard InChI is InChI=1S/C18H20N2O4/c1-2-16(24-14-8-4-3-5-9-14)18(22)20-13-7-6-10-15(11-13)23-12-17(19)21/h3-11,16H,2,12H2,1H3,(H2,19,21)(H,20,22)/t16-/m0/s1. The second-order valence-corrected chi connectivity index (χ2v) is 5.10. The van der Waals surface area contributed by atoms with Crippen LogP contribution in [0, 0.1) is 0 Å². The van der Waals surface area contributed by atoms with Gasteiger partial charge in [0.1, 0.15) is 11.5 Å². The van der Waals surface area contributed by atoms with Gasteiger partial charge in [0.05, 0.1) is 0 Å². The molecule has 2 aromatic carbocycles. The van der Waals surface area contributed by atoms with E-state index in [2.05, 4.69) is 5.32 Å². The summed E-state index contributed by atoms with van der Waals surface area (Å²) in [6.45, 7) is 1.66. The number of para-hydroxylation sites is 1. The normalized spacial score (nSPS) is 11.4. The largest absolute Gasteiger partial charge is 0.484 e. The summed E-state index contributed by atoms with van der Waals surface area (Å²) in [6, 6.07) is 15.9. The van der Waals surface area contributed by atoms with E-state index >= 15 is 0 Å². The fourth-order valence-electron chi connectivity index (χ4n) is 2.03. The monoisotopic (exact) mass is 328 g/mol. The van der Waals surface area contributed by atoms with Crippen molar-refractivity contribution in [2.75, 3.05) is 11.9 Å². The van der Waals surface area contributed by atoms with Crippen molar-refractivity contribution >= 4 is 17.5 Å². The Balaban J connectivity index is 1.99. The summed E-state index contributed by atoms with van der Waals surface area (Å²) < 4.78 is 10.9. The molecule has 0 aromatic heterocycles. The Hall–Kier alpha value is -3.02. The molecule has 2 amide bonds. The summed E-state index contributed by atoms with van der Waals surface area (Å²) in [4.78, 5) is 23.1. The van der Waals surface area contributed by atoms with Gasteiger partial charge in [-0.25, -0.2) is 0 Å². The van der Waals surface area contributed by atoms with Gasteiger partial charge in [-0.05, 0) is 30.7 Å². The number of benzene rings is 2. The molecule has 0 unspecified atom stereocenters. The molecule has 2 aromatic rings. The first kappa shape index (κ1) is 17.3. The highest BCUT2D eigenvalue weighted by Crippen LogP contribution is 2.19. The Bertz CT molecular complexity index is 688. The van der Waals surface area contributed by atoms with Crippen molar-refractivity contribution in [2.45, 2.75) is 19.4 Å². The fourth-order valence-corrected chi connectivity index (χ4v) is 2.03. The zero-order chi connectivity index (χ0) is 17.4. The molecule has 0 radical (unpaired) electrons. The van der Waals surface area contributed by atoms with Gasteiger partial charge < -0.3 is 20.5 Å². The lowest BCUT2D eigenvalue weighted by atomic mass is 10.2. The van der Waals surface area contributed by atoms with Gasteiger partial charge in [0.25, 0.3) is 11.8 Å². The summed E-state index contributed by atoms with van der Waals surface area (Å²) >= 11 is 0. The van der Waals surface area contributed by atoms with Crippen molar-refractivity contribution in [1.82, 2.24) is 0 Å². The average Bonchev–Trinajstić information content (AvgIpc) is 2.59. The first-order valence-corrected chi connectivity index (χ1v) is 7.62. The molecule has 1 atom stereocenters. The summed E-state index contributed by atoms with van der Waals surface area (Å²) in [6.07, 6.45) is -0.0823. The minimum absolute atomic E-state index is 0.216. The third kappa shape index (κ3) is 5.31. The summed E-state index contributed by atoms with van der Waals surface area (Å²) in [7, 11) is 0. The lowest BCUT2D eigenvalue weighted by Crippen LogP contribution is -2.32. The van der Waals surface area contributed by atoms with Crippen LogP contribution in [0.3, 0.4) is 0 Å². The summed E-state index contributed by atoms with van der Waals surface area (Å²) in [5.74, 6) is 0.266. The topological polar surface area (TPSA) is 90.7 Å². The second-order valence-electron chi connectivity index (χ2n) is 5.10. The van der Waals surface area contributed by atoms with Crippen molar-refractivity contribution in [3.63, 3.8) is 0 Å². The van der Waals surface area contributed by atoms with Gasteiger partial charge in [-0.15, -0.1) is 0 Å². The van der Waals surface area contributed by atoms with Gasteiger partial charge in [0.2, 0.25) is 0 Å². The van der Waals surface area contributed by atoms with Crippen LogP contribution in [0.1, 0.15) is 13.3 Å². The number of amides is 2. The van der Waals surface area contributed by atoms with E-state index in [4.69, 9.17) is 15.2 Å². The van der Waals surface area contributed by atoms with Crippen LogP contribution in [0.25, 0.3) is 0 Å². The van der Waals surface area contributed by atoms with Gasteiger partial charge in [0.15, 0.2) is 12.7 Å². The van der Waals surface area contributed by atoms with Crippen molar-refractivity contribution in [3.8, 4) is 11.5 Å². The average molecular weight is 328 g/mol. The fraction of sp³-hybridized carbons (Fsp3) is 0.222. The van der Waals surface area contributed by atoms with Gasteiger partial charge in [-0.1, -0.05) is 31.2 Å². The number of primary amides is 1. The number of anilines is 1. The summed E-state index contributed by atoms with van der Waals surface area (Å²) in [5.41, 5.74) is 5.59. The van der Waals surface area contributed by atoms with E-state index in [0.29, 0.717) is 23.6 Å². The van der Waals surface area contributed by atoms with Crippen LogP contribution in [0.4, 0.5) is 5.69 Å². The molecule has 126 valence electrons. The molecule has 6 nitrogen and oxygen atoms in total. The number of nitrogens with one attached hydrogen (secondary N) is 1. The second kappa shape index (κ2) is 8.57. The van der Waals surface area contributed by atoms with Crippen molar-refractivity contribution in [1.29, 1.82) is 0 Å². The highest BCUT2D eigenvalue weighted by Gasteiger charge is 2.18. The zero-order valence-corrected chi connectivity index (χ0v) is 13.4.